The molecule has 0 saturated heterocycles. The van der Waals surface area contributed by atoms with Crippen molar-refractivity contribution in [2.75, 3.05) is 13.6 Å². The van der Waals surface area contributed by atoms with Crippen LogP contribution in [0.3, 0.4) is 0 Å². The van der Waals surface area contributed by atoms with Gasteiger partial charge in [-0.05, 0) is 24.6 Å². The second kappa shape index (κ2) is 9.61. The van der Waals surface area contributed by atoms with Crippen LogP contribution >= 0.6 is 24.0 Å². The van der Waals surface area contributed by atoms with Gasteiger partial charge in [-0.3, -0.25) is 9.98 Å². The Balaban J connectivity index is 0.00000288. The molecule has 0 atom stereocenters. The van der Waals surface area contributed by atoms with E-state index in [1.54, 1.807) is 13.2 Å². The molecule has 5 heteroatoms. The smallest absolute Gasteiger partial charge is 0.191 e. The third-order valence-electron chi connectivity index (χ3n) is 3.88. The second-order valence-corrected chi connectivity index (χ2v) is 6.35. The molecule has 0 aliphatic carbocycles. The lowest BCUT2D eigenvalue weighted by Gasteiger charge is -2.27. The molecule has 2 N–H and O–H groups in total. The first-order valence-corrected chi connectivity index (χ1v) is 7.93. The standard InChI is InChI=1S/C19H26N4.HI/c1-15-8-7-9-16(12-15)19(2,3)14-23-18(20-4)22-13-17-10-5-6-11-21-17;/h5-12H,13-14H2,1-4H3,(H2,20,22,23);1H. The first-order chi connectivity index (χ1) is 11.0. The average molecular weight is 438 g/mol. The predicted molar refractivity (Wildman–Crippen MR) is 112 cm³/mol. The number of hydrogen-bond acceptors (Lipinski definition) is 2. The zero-order chi connectivity index (χ0) is 16.7. The van der Waals surface area contributed by atoms with Crippen LogP contribution in [-0.2, 0) is 12.0 Å². The fraction of sp³-hybridized carbons (Fsp3) is 0.368. The highest BCUT2D eigenvalue weighted by Gasteiger charge is 2.20. The normalized spacial score (nSPS) is 11.6. The molecule has 0 bridgehead atoms. The van der Waals surface area contributed by atoms with E-state index in [1.807, 2.05) is 18.2 Å². The molecule has 4 nitrogen and oxygen atoms in total. The van der Waals surface area contributed by atoms with Gasteiger partial charge in [0, 0.05) is 25.2 Å². The fourth-order valence-corrected chi connectivity index (χ4v) is 2.37. The van der Waals surface area contributed by atoms with Crippen LogP contribution in [0.4, 0.5) is 0 Å². The molecule has 0 unspecified atom stereocenters. The van der Waals surface area contributed by atoms with Gasteiger partial charge in [0.1, 0.15) is 0 Å². The Morgan fingerprint density at radius 3 is 2.54 bits per heavy atom. The van der Waals surface area contributed by atoms with E-state index in [1.165, 1.54) is 11.1 Å². The summed E-state index contributed by atoms with van der Waals surface area (Å²) in [5.41, 5.74) is 3.63. The highest BCUT2D eigenvalue weighted by atomic mass is 127. The van der Waals surface area contributed by atoms with Crippen molar-refractivity contribution in [1.29, 1.82) is 0 Å². The summed E-state index contributed by atoms with van der Waals surface area (Å²) in [5, 5.41) is 6.71. The third-order valence-corrected chi connectivity index (χ3v) is 3.88. The maximum absolute atomic E-state index is 4.31. The highest BCUT2D eigenvalue weighted by molar-refractivity contribution is 14.0. The van der Waals surface area contributed by atoms with Gasteiger partial charge in [-0.1, -0.05) is 49.7 Å². The molecule has 1 aromatic heterocycles. The van der Waals surface area contributed by atoms with Crippen molar-refractivity contribution in [3.8, 4) is 0 Å². The Morgan fingerprint density at radius 2 is 1.92 bits per heavy atom. The zero-order valence-corrected chi connectivity index (χ0v) is 17.2. The van der Waals surface area contributed by atoms with Crippen LogP contribution in [0.2, 0.25) is 0 Å². The van der Waals surface area contributed by atoms with Gasteiger partial charge in [0.15, 0.2) is 5.96 Å². The molecule has 0 spiro atoms. The van der Waals surface area contributed by atoms with E-state index in [0.29, 0.717) is 6.54 Å². The molecular weight excluding hydrogens is 411 g/mol. The van der Waals surface area contributed by atoms with Gasteiger partial charge < -0.3 is 10.6 Å². The van der Waals surface area contributed by atoms with Crippen LogP contribution < -0.4 is 10.6 Å². The number of guanidine groups is 1. The number of nitrogens with zero attached hydrogens (tertiary/aromatic N) is 2. The Labute approximate surface area is 162 Å². The summed E-state index contributed by atoms with van der Waals surface area (Å²) >= 11 is 0. The van der Waals surface area contributed by atoms with Gasteiger partial charge in [-0.25, -0.2) is 0 Å². The molecule has 2 rings (SSSR count). The van der Waals surface area contributed by atoms with E-state index < -0.39 is 0 Å². The molecule has 0 saturated carbocycles. The molecular formula is C19H27IN4. The molecule has 0 radical (unpaired) electrons. The van der Waals surface area contributed by atoms with Gasteiger partial charge in [0.25, 0.3) is 0 Å². The van der Waals surface area contributed by atoms with E-state index in [0.717, 1.165) is 18.2 Å². The summed E-state index contributed by atoms with van der Waals surface area (Å²) in [6.07, 6.45) is 1.80. The molecule has 0 aliphatic rings. The molecule has 24 heavy (non-hydrogen) atoms. The van der Waals surface area contributed by atoms with E-state index in [4.69, 9.17) is 0 Å². The van der Waals surface area contributed by atoms with Crippen molar-refractivity contribution in [2.24, 2.45) is 4.99 Å². The number of nitrogens with one attached hydrogen (secondary N) is 2. The number of aliphatic imine (C=N–C) groups is 1. The quantitative estimate of drug-likeness (QED) is 0.426. The number of benzene rings is 1. The molecule has 2 aromatic rings. The molecule has 1 aromatic carbocycles. The maximum atomic E-state index is 4.31. The van der Waals surface area contributed by atoms with E-state index in [-0.39, 0.29) is 29.4 Å². The van der Waals surface area contributed by atoms with Crippen LogP contribution in [0.5, 0.6) is 0 Å². The summed E-state index contributed by atoms with van der Waals surface area (Å²) in [5.74, 6) is 0.788. The van der Waals surface area contributed by atoms with Gasteiger partial charge in [-0.2, -0.15) is 0 Å². The Hall–Kier alpha value is -1.63. The average Bonchev–Trinajstić information content (AvgIpc) is 2.56. The first kappa shape index (κ1) is 20.4. The third kappa shape index (κ3) is 6.11. The van der Waals surface area contributed by atoms with Crippen molar-refractivity contribution in [1.82, 2.24) is 15.6 Å². The predicted octanol–water partition coefficient (Wildman–Crippen LogP) is 3.65. The number of rotatable bonds is 5. The minimum absolute atomic E-state index is 0. The van der Waals surface area contributed by atoms with E-state index >= 15 is 0 Å². The molecule has 1 heterocycles. The summed E-state index contributed by atoms with van der Waals surface area (Å²) in [7, 11) is 1.79. The van der Waals surface area contributed by atoms with Gasteiger partial charge in [-0.15, -0.1) is 24.0 Å². The topological polar surface area (TPSA) is 49.3 Å². The molecule has 0 amide bonds. The first-order valence-electron chi connectivity index (χ1n) is 7.93. The number of hydrogen-bond donors (Lipinski definition) is 2. The summed E-state index contributed by atoms with van der Waals surface area (Å²) < 4.78 is 0. The summed E-state index contributed by atoms with van der Waals surface area (Å²) in [6, 6.07) is 14.6. The van der Waals surface area contributed by atoms with Crippen LogP contribution in [0.15, 0.2) is 53.7 Å². The Bertz CT molecular complexity index is 653. The fourth-order valence-electron chi connectivity index (χ4n) is 2.37. The number of halogens is 1. The van der Waals surface area contributed by atoms with Gasteiger partial charge in [0.05, 0.1) is 12.2 Å². The summed E-state index contributed by atoms with van der Waals surface area (Å²) in [6.45, 7) is 8.06. The molecule has 0 fully saturated rings. The van der Waals surface area contributed by atoms with E-state index in [2.05, 4.69) is 65.6 Å². The van der Waals surface area contributed by atoms with Crippen molar-refractivity contribution in [3.63, 3.8) is 0 Å². The van der Waals surface area contributed by atoms with Crippen molar-refractivity contribution >= 4 is 29.9 Å². The van der Waals surface area contributed by atoms with Crippen molar-refractivity contribution in [3.05, 3.63) is 65.5 Å². The lowest BCUT2D eigenvalue weighted by Crippen LogP contribution is -2.43. The van der Waals surface area contributed by atoms with Gasteiger partial charge >= 0.3 is 0 Å². The second-order valence-electron chi connectivity index (χ2n) is 6.35. The van der Waals surface area contributed by atoms with Crippen LogP contribution in [0, 0.1) is 6.92 Å². The lowest BCUT2D eigenvalue weighted by atomic mass is 9.84. The lowest BCUT2D eigenvalue weighted by molar-refractivity contribution is 0.508. The highest BCUT2D eigenvalue weighted by Crippen LogP contribution is 2.22. The van der Waals surface area contributed by atoms with E-state index in [9.17, 15) is 0 Å². The molecule has 130 valence electrons. The zero-order valence-electron chi connectivity index (χ0n) is 14.8. The summed E-state index contributed by atoms with van der Waals surface area (Å²) in [4.78, 5) is 8.59. The minimum Gasteiger partial charge on any atom is -0.356 e. The molecule has 0 aliphatic heterocycles. The van der Waals surface area contributed by atoms with Crippen molar-refractivity contribution < 1.29 is 0 Å². The minimum atomic E-state index is 0. The SMILES string of the molecule is CN=C(NCc1ccccn1)NCC(C)(C)c1cccc(C)c1.I. The Morgan fingerprint density at radius 1 is 1.12 bits per heavy atom. The monoisotopic (exact) mass is 438 g/mol. The maximum Gasteiger partial charge on any atom is 0.191 e. The van der Waals surface area contributed by atoms with Crippen LogP contribution in [0.25, 0.3) is 0 Å². The largest absolute Gasteiger partial charge is 0.356 e. The number of aromatic nitrogens is 1. The van der Waals surface area contributed by atoms with Crippen LogP contribution in [-0.4, -0.2) is 24.5 Å². The Kier molecular flexibility index (Phi) is 8.18. The number of aryl methyl sites for hydroxylation is 1. The van der Waals surface area contributed by atoms with Crippen molar-refractivity contribution in [2.45, 2.75) is 32.7 Å². The number of pyridine rings is 1. The van der Waals surface area contributed by atoms with Crippen LogP contribution in [0.1, 0.15) is 30.7 Å². The van der Waals surface area contributed by atoms with Gasteiger partial charge in [0.2, 0.25) is 0 Å².